The number of carboxylic acid groups (broad SMARTS) is 1. The number of hydrogen-bond acceptors (Lipinski definition) is 1. The van der Waals surface area contributed by atoms with E-state index in [1.165, 1.54) is 116 Å². The van der Waals surface area contributed by atoms with Crippen LogP contribution in [0.2, 0.25) is 0 Å². The molecule has 2 nitrogen and oxygen atoms in total. The number of aliphatic carboxylic acids is 1. The molecule has 0 radical (unpaired) electrons. The summed E-state index contributed by atoms with van der Waals surface area (Å²) in [5.74, 6) is 0.293. The summed E-state index contributed by atoms with van der Waals surface area (Å²) < 4.78 is 0. The van der Waals surface area contributed by atoms with E-state index in [-0.39, 0.29) is 0 Å². The molecule has 0 rings (SSSR count). The Morgan fingerprint density at radius 2 is 0.926 bits per heavy atom. The van der Waals surface area contributed by atoms with Gasteiger partial charge in [0, 0.05) is 6.42 Å². The Morgan fingerprint density at radius 1 is 0.593 bits per heavy atom. The van der Waals surface area contributed by atoms with Crippen molar-refractivity contribution < 1.29 is 9.90 Å². The Morgan fingerprint density at radius 3 is 1.26 bits per heavy atom. The van der Waals surface area contributed by atoms with E-state index in [0.29, 0.717) is 6.42 Å². The Labute approximate surface area is 170 Å². The van der Waals surface area contributed by atoms with Crippen LogP contribution >= 0.6 is 0 Å². The van der Waals surface area contributed by atoms with Crippen molar-refractivity contribution >= 4 is 5.97 Å². The number of rotatable bonds is 22. The van der Waals surface area contributed by atoms with E-state index in [1.807, 2.05) is 0 Å². The number of carbonyl (C=O) groups is 1. The number of unbranched alkanes of at least 4 members (excludes halogenated alkanes) is 16. The fourth-order valence-electron chi connectivity index (χ4n) is 4.06. The molecule has 1 atom stereocenters. The van der Waals surface area contributed by atoms with Gasteiger partial charge >= 0.3 is 5.97 Å². The molecule has 0 spiro atoms. The molecule has 27 heavy (non-hydrogen) atoms. The average Bonchev–Trinajstić information content (AvgIpc) is 2.63. The van der Waals surface area contributed by atoms with Gasteiger partial charge in [-0.2, -0.15) is 0 Å². The lowest BCUT2D eigenvalue weighted by Crippen LogP contribution is -1.93. The summed E-state index contributed by atoms with van der Waals surface area (Å²) >= 11 is 0. The number of carboxylic acids is 1. The van der Waals surface area contributed by atoms with Crippen molar-refractivity contribution in [1.29, 1.82) is 0 Å². The quantitative estimate of drug-likeness (QED) is 0.190. The van der Waals surface area contributed by atoms with E-state index < -0.39 is 5.97 Å². The maximum Gasteiger partial charge on any atom is 0.303 e. The number of hydrogen-bond donors (Lipinski definition) is 1. The van der Waals surface area contributed by atoms with Crippen molar-refractivity contribution in [2.45, 2.75) is 149 Å². The van der Waals surface area contributed by atoms with Gasteiger partial charge in [-0.05, 0) is 12.3 Å². The smallest absolute Gasteiger partial charge is 0.303 e. The lowest BCUT2D eigenvalue weighted by Gasteiger charge is -2.09. The Kier molecular flexibility index (Phi) is 21.3. The molecule has 0 amide bonds. The summed E-state index contributed by atoms with van der Waals surface area (Å²) in [6, 6.07) is 0. The summed E-state index contributed by atoms with van der Waals surface area (Å²) in [5, 5.41) is 8.58. The standard InChI is InChI=1S/C25H50O2/c1-3-21-24(2)22-19-17-15-13-11-9-7-5-4-6-8-10-12-14-16-18-20-23-25(26)27/h24H,3-23H2,1-2H3,(H,26,27)/t24-/m1/s1. The van der Waals surface area contributed by atoms with Crippen molar-refractivity contribution in [3.63, 3.8) is 0 Å². The van der Waals surface area contributed by atoms with E-state index in [9.17, 15) is 4.79 Å². The second-order valence-corrected chi connectivity index (χ2v) is 8.84. The first-order valence-electron chi connectivity index (χ1n) is 12.4. The molecule has 0 saturated carbocycles. The highest BCUT2D eigenvalue weighted by molar-refractivity contribution is 5.66. The van der Waals surface area contributed by atoms with Gasteiger partial charge in [-0.1, -0.05) is 136 Å². The molecule has 0 fully saturated rings. The average molecular weight is 383 g/mol. The van der Waals surface area contributed by atoms with Crippen molar-refractivity contribution in [2.75, 3.05) is 0 Å². The van der Waals surface area contributed by atoms with Crippen molar-refractivity contribution in [3.05, 3.63) is 0 Å². The molecule has 0 aromatic rings. The van der Waals surface area contributed by atoms with Crippen LogP contribution in [-0.4, -0.2) is 11.1 Å². The van der Waals surface area contributed by atoms with Crippen LogP contribution < -0.4 is 0 Å². The van der Waals surface area contributed by atoms with E-state index in [4.69, 9.17) is 5.11 Å². The minimum absolute atomic E-state index is 0.346. The monoisotopic (exact) mass is 382 g/mol. The zero-order chi connectivity index (χ0) is 20.0. The molecule has 0 aliphatic heterocycles. The second kappa shape index (κ2) is 21.8. The van der Waals surface area contributed by atoms with Gasteiger partial charge in [-0.15, -0.1) is 0 Å². The van der Waals surface area contributed by atoms with Crippen LogP contribution in [0.5, 0.6) is 0 Å². The first-order valence-corrected chi connectivity index (χ1v) is 12.4. The van der Waals surface area contributed by atoms with E-state index in [2.05, 4.69) is 13.8 Å². The zero-order valence-electron chi connectivity index (χ0n) is 18.8. The van der Waals surface area contributed by atoms with E-state index in [0.717, 1.165) is 18.8 Å². The van der Waals surface area contributed by atoms with Crippen LogP contribution in [0, 0.1) is 5.92 Å². The highest BCUT2D eigenvalue weighted by Gasteiger charge is 2.00. The Bertz CT molecular complexity index is 301. The molecule has 0 heterocycles. The van der Waals surface area contributed by atoms with Crippen molar-refractivity contribution in [3.8, 4) is 0 Å². The fraction of sp³-hybridized carbons (Fsp3) is 0.960. The van der Waals surface area contributed by atoms with Crippen LogP contribution in [0.3, 0.4) is 0 Å². The van der Waals surface area contributed by atoms with E-state index in [1.54, 1.807) is 0 Å². The minimum Gasteiger partial charge on any atom is -0.481 e. The van der Waals surface area contributed by atoms with Gasteiger partial charge in [0.2, 0.25) is 0 Å². The van der Waals surface area contributed by atoms with Crippen LogP contribution in [0.15, 0.2) is 0 Å². The van der Waals surface area contributed by atoms with Gasteiger partial charge in [0.05, 0.1) is 0 Å². The molecule has 0 bridgehead atoms. The third-order valence-corrected chi connectivity index (χ3v) is 5.87. The van der Waals surface area contributed by atoms with Crippen molar-refractivity contribution in [1.82, 2.24) is 0 Å². The maximum absolute atomic E-state index is 10.4. The fourth-order valence-corrected chi connectivity index (χ4v) is 4.06. The van der Waals surface area contributed by atoms with Gasteiger partial charge in [0.25, 0.3) is 0 Å². The molecule has 0 aliphatic carbocycles. The Balaban J connectivity index is 3.04. The van der Waals surface area contributed by atoms with Gasteiger partial charge < -0.3 is 5.11 Å². The summed E-state index contributed by atoms with van der Waals surface area (Å²) in [4.78, 5) is 10.4. The van der Waals surface area contributed by atoms with Gasteiger partial charge in [0.15, 0.2) is 0 Å². The third-order valence-electron chi connectivity index (χ3n) is 5.87. The zero-order valence-corrected chi connectivity index (χ0v) is 18.8. The van der Waals surface area contributed by atoms with Crippen LogP contribution in [0.25, 0.3) is 0 Å². The molecule has 1 N–H and O–H groups in total. The maximum atomic E-state index is 10.4. The summed E-state index contributed by atoms with van der Waals surface area (Å²) in [5.41, 5.74) is 0. The minimum atomic E-state index is -0.650. The highest BCUT2D eigenvalue weighted by Crippen LogP contribution is 2.17. The molecule has 0 saturated heterocycles. The topological polar surface area (TPSA) is 37.3 Å². The lowest BCUT2D eigenvalue weighted by molar-refractivity contribution is -0.137. The summed E-state index contributed by atoms with van der Waals surface area (Å²) in [6.07, 6.45) is 27.5. The predicted molar refractivity (Wildman–Crippen MR) is 119 cm³/mol. The summed E-state index contributed by atoms with van der Waals surface area (Å²) in [7, 11) is 0. The second-order valence-electron chi connectivity index (χ2n) is 8.84. The molecule has 162 valence electrons. The molecule has 0 aromatic carbocycles. The first kappa shape index (κ1) is 26.5. The molecule has 2 heteroatoms. The van der Waals surface area contributed by atoms with Gasteiger partial charge in [0.1, 0.15) is 0 Å². The third kappa shape index (κ3) is 23.4. The van der Waals surface area contributed by atoms with E-state index >= 15 is 0 Å². The molecular weight excluding hydrogens is 332 g/mol. The first-order chi connectivity index (χ1) is 13.2. The summed E-state index contributed by atoms with van der Waals surface area (Å²) in [6.45, 7) is 4.71. The molecular formula is C25H50O2. The van der Waals surface area contributed by atoms with Crippen molar-refractivity contribution in [2.24, 2.45) is 5.92 Å². The SMILES string of the molecule is CCC[C@@H](C)CCCCCCCCCCCCCCCCCCCC(=O)O. The highest BCUT2D eigenvalue weighted by atomic mass is 16.4. The van der Waals surface area contributed by atoms with Crippen LogP contribution in [-0.2, 0) is 4.79 Å². The normalized spacial score (nSPS) is 12.4. The van der Waals surface area contributed by atoms with Gasteiger partial charge in [-0.3, -0.25) is 4.79 Å². The largest absolute Gasteiger partial charge is 0.481 e. The lowest BCUT2D eigenvalue weighted by atomic mass is 9.98. The molecule has 0 unspecified atom stereocenters. The van der Waals surface area contributed by atoms with Crippen LogP contribution in [0.1, 0.15) is 149 Å². The Hall–Kier alpha value is -0.530. The molecule has 0 aromatic heterocycles. The van der Waals surface area contributed by atoms with Crippen LogP contribution in [0.4, 0.5) is 0 Å². The van der Waals surface area contributed by atoms with Gasteiger partial charge in [-0.25, -0.2) is 0 Å². The predicted octanol–water partition coefficient (Wildman–Crippen LogP) is 8.92. The molecule has 0 aliphatic rings.